The summed E-state index contributed by atoms with van der Waals surface area (Å²) in [5.41, 5.74) is 1.34. The van der Waals surface area contributed by atoms with Gasteiger partial charge in [-0.25, -0.2) is 4.79 Å². The van der Waals surface area contributed by atoms with E-state index in [-0.39, 0.29) is 23.0 Å². The predicted molar refractivity (Wildman–Crippen MR) is 112 cm³/mol. The van der Waals surface area contributed by atoms with Crippen molar-refractivity contribution in [1.29, 1.82) is 0 Å². The summed E-state index contributed by atoms with van der Waals surface area (Å²) in [6, 6.07) is 5.21. The van der Waals surface area contributed by atoms with E-state index in [9.17, 15) is 14.4 Å². The van der Waals surface area contributed by atoms with Crippen LogP contribution in [0.5, 0.6) is 11.5 Å². The first-order valence-corrected chi connectivity index (χ1v) is 9.66. The molecule has 29 heavy (non-hydrogen) atoms. The monoisotopic (exact) mass is 417 g/mol. The Balaban J connectivity index is 2.31. The number of esters is 1. The molecule has 0 saturated carbocycles. The molecule has 1 aromatic heterocycles. The minimum absolute atomic E-state index is 0.185. The molecule has 0 unspecified atom stereocenters. The number of rotatable bonds is 8. The minimum atomic E-state index is -0.581. The molecule has 2 rings (SSSR count). The van der Waals surface area contributed by atoms with Crippen molar-refractivity contribution < 1.29 is 28.6 Å². The van der Waals surface area contributed by atoms with Crippen LogP contribution in [-0.2, 0) is 9.53 Å². The Labute approximate surface area is 173 Å². The van der Waals surface area contributed by atoms with Crippen LogP contribution in [0.4, 0.5) is 5.00 Å². The van der Waals surface area contributed by atoms with Gasteiger partial charge in [0.25, 0.3) is 0 Å². The van der Waals surface area contributed by atoms with E-state index in [2.05, 4.69) is 5.32 Å². The van der Waals surface area contributed by atoms with Gasteiger partial charge >= 0.3 is 5.97 Å². The van der Waals surface area contributed by atoms with E-state index in [0.29, 0.717) is 27.5 Å². The van der Waals surface area contributed by atoms with Crippen molar-refractivity contribution in [2.75, 3.05) is 26.1 Å². The van der Waals surface area contributed by atoms with Gasteiger partial charge in [0.05, 0.1) is 31.3 Å². The third-order valence-electron chi connectivity index (χ3n) is 4.03. The Bertz CT molecular complexity index is 960. The Hall–Kier alpha value is -3.13. The van der Waals surface area contributed by atoms with Gasteiger partial charge in [-0.1, -0.05) is 0 Å². The average Bonchev–Trinajstić information content (AvgIpc) is 3.02. The number of Topliss-reactive ketones (excluding diaryl/α,β-unsaturated/α-hetero) is 1. The smallest absolute Gasteiger partial charge is 0.341 e. The van der Waals surface area contributed by atoms with E-state index < -0.39 is 11.9 Å². The van der Waals surface area contributed by atoms with Gasteiger partial charge in [0.1, 0.15) is 16.5 Å². The molecule has 154 valence electrons. The minimum Gasteiger partial charge on any atom is -0.497 e. The number of anilines is 1. The van der Waals surface area contributed by atoms with Gasteiger partial charge in [-0.3, -0.25) is 9.59 Å². The zero-order valence-corrected chi connectivity index (χ0v) is 17.8. The van der Waals surface area contributed by atoms with Crippen molar-refractivity contribution in [2.45, 2.75) is 20.8 Å². The van der Waals surface area contributed by atoms with Crippen LogP contribution in [0.15, 0.2) is 24.3 Å². The van der Waals surface area contributed by atoms with Crippen molar-refractivity contribution in [3.63, 3.8) is 0 Å². The Morgan fingerprint density at radius 1 is 1.17 bits per heavy atom. The molecule has 0 aliphatic carbocycles. The van der Waals surface area contributed by atoms with E-state index in [1.54, 1.807) is 45.2 Å². The zero-order chi connectivity index (χ0) is 21.6. The summed E-state index contributed by atoms with van der Waals surface area (Å²) in [7, 11) is 3.08. The van der Waals surface area contributed by atoms with E-state index in [1.165, 1.54) is 20.1 Å². The van der Waals surface area contributed by atoms with Gasteiger partial charge in [-0.15, -0.1) is 11.3 Å². The second-order valence-electron chi connectivity index (χ2n) is 5.97. The molecule has 1 N–H and O–H groups in total. The molecular formula is C21H23NO6S. The van der Waals surface area contributed by atoms with Crippen LogP contribution in [0, 0.1) is 6.92 Å². The lowest BCUT2D eigenvalue weighted by atomic mass is 10.1. The molecule has 2 aromatic rings. The van der Waals surface area contributed by atoms with E-state index in [4.69, 9.17) is 14.2 Å². The molecule has 7 nitrogen and oxygen atoms in total. The molecule has 1 heterocycles. The van der Waals surface area contributed by atoms with Crippen molar-refractivity contribution in [1.82, 2.24) is 0 Å². The Morgan fingerprint density at radius 3 is 2.48 bits per heavy atom. The number of hydrogen-bond acceptors (Lipinski definition) is 7. The molecule has 0 aliphatic rings. The molecule has 0 saturated heterocycles. The highest BCUT2D eigenvalue weighted by molar-refractivity contribution is 7.18. The zero-order valence-electron chi connectivity index (χ0n) is 17.0. The molecule has 0 spiro atoms. The van der Waals surface area contributed by atoms with Crippen LogP contribution in [0.3, 0.4) is 0 Å². The topological polar surface area (TPSA) is 90.9 Å². The first-order valence-electron chi connectivity index (χ1n) is 8.84. The molecule has 0 aliphatic heterocycles. The van der Waals surface area contributed by atoms with E-state index in [0.717, 1.165) is 11.3 Å². The standard InChI is InChI=1S/C21H23NO6S/c1-6-28-21(25)18-12(2)19(13(3)23)29-20(18)22-17(24)10-7-14-11-15(26-4)8-9-16(14)27-5/h7-11H,6H2,1-5H3,(H,22,24). The van der Waals surface area contributed by atoms with Gasteiger partial charge in [0, 0.05) is 11.6 Å². The Morgan fingerprint density at radius 2 is 1.90 bits per heavy atom. The lowest BCUT2D eigenvalue weighted by Crippen LogP contribution is -2.12. The summed E-state index contributed by atoms with van der Waals surface area (Å²) in [6.45, 7) is 4.95. The van der Waals surface area contributed by atoms with Crippen molar-refractivity contribution in [3.8, 4) is 11.5 Å². The first kappa shape index (κ1) is 22.2. The van der Waals surface area contributed by atoms with Crippen molar-refractivity contribution >= 4 is 40.1 Å². The van der Waals surface area contributed by atoms with E-state index >= 15 is 0 Å². The van der Waals surface area contributed by atoms with Gasteiger partial charge in [-0.2, -0.15) is 0 Å². The second-order valence-corrected chi connectivity index (χ2v) is 6.99. The second kappa shape index (κ2) is 9.88. The SMILES string of the molecule is CCOC(=O)c1c(NC(=O)C=Cc2cc(OC)ccc2OC)sc(C(C)=O)c1C. The molecule has 0 fully saturated rings. The number of carbonyl (C=O) groups excluding carboxylic acids is 3. The third-order valence-corrected chi connectivity index (χ3v) is 5.34. The van der Waals surface area contributed by atoms with Gasteiger partial charge in [0.15, 0.2) is 5.78 Å². The number of thiophene rings is 1. The average molecular weight is 417 g/mol. The summed E-state index contributed by atoms with van der Waals surface area (Å²) in [6.07, 6.45) is 2.89. The first-order chi connectivity index (χ1) is 13.8. The van der Waals surface area contributed by atoms with Crippen molar-refractivity contribution in [2.24, 2.45) is 0 Å². The number of amides is 1. The summed E-state index contributed by atoms with van der Waals surface area (Å²) in [4.78, 5) is 37.0. The number of carbonyl (C=O) groups is 3. The third kappa shape index (κ3) is 5.23. The summed E-state index contributed by atoms with van der Waals surface area (Å²) in [5, 5.41) is 2.95. The Kier molecular flexibility index (Phi) is 7.55. The van der Waals surface area contributed by atoms with Crippen LogP contribution >= 0.6 is 11.3 Å². The summed E-state index contributed by atoms with van der Waals surface area (Å²) >= 11 is 1.05. The predicted octanol–water partition coefficient (Wildman–Crippen LogP) is 4.10. The highest BCUT2D eigenvalue weighted by Gasteiger charge is 2.24. The summed E-state index contributed by atoms with van der Waals surface area (Å²) in [5.74, 6) is -0.0298. The summed E-state index contributed by atoms with van der Waals surface area (Å²) < 4.78 is 15.5. The molecule has 0 radical (unpaired) electrons. The van der Waals surface area contributed by atoms with Gasteiger partial charge in [-0.05, 0) is 50.6 Å². The molecular weight excluding hydrogens is 394 g/mol. The number of benzene rings is 1. The fraction of sp³-hybridized carbons (Fsp3) is 0.286. The number of ketones is 1. The maximum atomic E-state index is 12.5. The van der Waals surface area contributed by atoms with E-state index in [1.807, 2.05) is 0 Å². The largest absolute Gasteiger partial charge is 0.497 e. The fourth-order valence-corrected chi connectivity index (χ4v) is 3.77. The van der Waals surface area contributed by atoms with Crippen LogP contribution < -0.4 is 14.8 Å². The molecule has 0 bridgehead atoms. The highest BCUT2D eigenvalue weighted by Crippen LogP contribution is 2.34. The lowest BCUT2D eigenvalue weighted by molar-refractivity contribution is -0.111. The van der Waals surface area contributed by atoms with Crippen LogP contribution in [-0.4, -0.2) is 38.5 Å². The highest BCUT2D eigenvalue weighted by atomic mass is 32.1. The van der Waals surface area contributed by atoms with Gasteiger partial charge in [0.2, 0.25) is 5.91 Å². The molecule has 1 amide bonds. The number of methoxy groups -OCH3 is 2. The molecule has 1 aromatic carbocycles. The van der Waals surface area contributed by atoms with Gasteiger partial charge < -0.3 is 19.5 Å². The fourth-order valence-electron chi connectivity index (χ4n) is 2.68. The normalized spacial score (nSPS) is 10.7. The number of hydrogen-bond donors (Lipinski definition) is 1. The number of ether oxygens (including phenoxy) is 3. The quantitative estimate of drug-likeness (QED) is 0.395. The maximum absolute atomic E-state index is 12.5. The number of nitrogens with one attached hydrogen (secondary N) is 1. The van der Waals surface area contributed by atoms with Crippen LogP contribution in [0.2, 0.25) is 0 Å². The van der Waals surface area contributed by atoms with Crippen molar-refractivity contribution in [3.05, 3.63) is 45.8 Å². The van der Waals surface area contributed by atoms with Crippen LogP contribution in [0.1, 0.15) is 45.0 Å². The molecule has 0 atom stereocenters. The van der Waals surface area contributed by atoms with Crippen LogP contribution in [0.25, 0.3) is 6.08 Å². The maximum Gasteiger partial charge on any atom is 0.341 e. The lowest BCUT2D eigenvalue weighted by Gasteiger charge is -2.07. The molecule has 8 heteroatoms.